The van der Waals surface area contributed by atoms with Crippen LogP contribution in [0.2, 0.25) is 0 Å². The number of rotatable bonds is 5. The highest BCUT2D eigenvalue weighted by Crippen LogP contribution is 2.37. The van der Waals surface area contributed by atoms with E-state index in [1.165, 1.54) is 4.31 Å². The second kappa shape index (κ2) is 6.99. The van der Waals surface area contributed by atoms with Gasteiger partial charge in [0.25, 0.3) is 15.9 Å². The molecule has 1 atom stereocenters. The van der Waals surface area contributed by atoms with Crippen molar-refractivity contribution in [2.75, 3.05) is 17.4 Å². The SMILES string of the molecule is CCCNC(=O)C1CN(S(=O)(=O)c2c(C)noc2C)c2ccccc2O1. The van der Waals surface area contributed by atoms with Crippen LogP contribution in [-0.4, -0.2) is 38.7 Å². The smallest absolute Gasteiger partial charge is 0.270 e. The number of para-hydroxylation sites is 2. The zero-order valence-electron chi connectivity index (χ0n) is 14.9. The number of aryl methyl sites for hydroxylation is 2. The summed E-state index contributed by atoms with van der Waals surface area (Å²) < 4.78 is 38.5. The molecule has 1 aromatic heterocycles. The van der Waals surface area contributed by atoms with Crippen LogP contribution in [0, 0.1) is 13.8 Å². The van der Waals surface area contributed by atoms with Crippen molar-refractivity contribution in [2.45, 2.75) is 38.2 Å². The molecule has 8 nitrogen and oxygen atoms in total. The molecule has 1 aromatic carbocycles. The van der Waals surface area contributed by atoms with Crippen molar-refractivity contribution >= 4 is 21.6 Å². The summed E-state index contributed by atoms with van der Waals surface area (Å²) in [5, 5.41) is 6.48. The Morgan fingerprint density at radius 1 is 1.35 bits per heavy atom. The molecule has 2 aromatic rings. The van der Waals surface area contributed by atoms with E-state index in [1.807, 2.05) is 6.92 Å². The van der Waals surface area contributed by atoms with Gasteiger partial charge in [0.1, 0.15) is 11.4 Å². The molecule has 0 fully saturated rings. The van der Waals surface area contributed by atoms with E-state index in [9.17, 15) is 13.2 Å². The second-order valence-corrected chi connectivity index (χ2v) is 7.85. The predicted molar refractivity (Wildman–Crippen MR) is 94.7 cm³/mol. The van der Waals surface area contributed by atoms with Gasteiger partial charge in [-0.05, 0) is 32.4 Å². The number of nitrogens with zero attached hydrogens (tertiary/aromatic N) is 2. The van der Waals surface area contributed by atoms with Crippen LogP contribution < -0.4 is 14.4 Å². The van der Waals surface area contributed by atoms with Gasteiger partial charge >= 0.3 is 0 Å². The van der Waals surface area contributed by atoms with E-state index in [4.69, 9.17) is 9.26 Å². The Hall–Kier alpha value is -2.55. The van der Waals surface area contributed by atoms with Gasteiger partial charge in [0.05, 0.1) is 12.2 Å². The first kappa shape index (κ1) is 18.2. The highest BCUT2D eigenvalue weighted by Gasteiger charge is 2.39. The van der Waals surface area contributed by atoms with Gasteiger partial charge in [-0.3, -0.25) is 9.10 Å². The van der Waals surface area contributed by atoms with Crippen LogP contribution in [0.3, 0.4) is 0 Å². The molecule has 0 spiro atoms. The third-order valence-electron chi connectivity index (χ3n) is 4.09. The zero-order chi connectivity index (χ0) is 18.9. The topological polar surface area (TPSA) is 102 Å². The molecular formula is C17H21N3O5S. The fourth-order valence-electron chi connectivity index (χ4n) is 2.88. The molecular weight excluding hydrogens is 358 g/mol. The third-order valence-corrected chi connectivity index (χ3v) is 6.12. The fourth-order valence-corrected chi connectivity index (χ4v) is 4.65. The Morgan fingerprint density at radius 2 is 2.08 bits per heavy atom. The van der Waals surface area contributed by atoms with Gasteiger partial charge in [0, 0.05) is 6.54 Å². The molecule has 140 valence electrons. The Balaban J connectivity index is 2.03. The van der Waals surface area contributed by atoms with Crippen molar-refractivity contribution in [1.82, 2.24) is 10.5 Å². The molecule has 0 radical (unpaired) electrons. The molecule has 1 N–H and O–H groups in total. The van der Waals surface area contributed by atoms with Gasteiger partial charge in [-0.1, -0.05) is 24.2 Å². The summed E-state index contributed by atoms with van der Waals surface area (Å²) in [6, 6.07) is 6.73. The lowest BCUT2D eigenvalue weighted by Crippen LogP contribution is -2.50. The average Bonchev–Trinajstić information content (AvgIpc) is 2.97. The van der Waals surface area contributed by atoms with E-state index in [-0.39, 0.29) is 28.8 Å². The number of ether oxygens (including phenoxy) is 1. The van der Waals surface area contributed by atoms with Gasteiger partial charge < -0.3 is 14.6 Å². The standard InChI is InChI=1S/C17H21N3O5S/c1-4-9-18-17(21)15-10-20(13-7-5-6-8-14(13)24-15)26(22,23)16-11(2)19-25-12(16)3/h5-8,15H,4,9-10H2,1-3H3,(H,18,21). The van der Waals surface area contributed by atoms with Crippen molar-refractivity contribution < 1.29 is 22.5 Å². The lowest BCUT2D eigenvalue weighted by atomic mass is 10.2. The number of anilines is 1. The number of aromatic nitrogens is 1. The quantitative estimate of drug-likeness (QED) is 0.850. The van der Waals surface area contributed by atoms with E-state index in [1.54, 1.807) is 38.1 Å². The Bertz CT molecular complexity index is 903. The number of hydrogen-bond acceptors (Lipinski definition) is 6. The molecule has 26 heavy (non-hydrogen) atoms. The first-order valence-corrected chi connectivity index (χ1v) is 9.79. The van der Waals surface area contributed by atoms with Crippen molar-refractivity contribution in [2.24, 2.45) is 0 Å². The molecule has 9 heteroatoms. The number of benzene rings is 1. The van der Waals surface area contributed by atoms with Crippen molar-refractivity contribution in [1.29, 1.82) is 0 Å². The highest BCUT2D eigenvalue weighted by atomic mass is 32.2. The fraction of sp³-hybridized carbons (Fsp3) is 0.412. The van der Waals surface area contributed by atoms with Gasteiger partial charge in [-0.2, -0.15) is 0 Å². The normalized spacial score (nSPS) is 16.7. The molecule has 0 saturated heterocycles. The molecule has 1 amide bonds. The van der Waals surface area contributed by atoms with Crippen LogP contribution in [0.25, 0.3) is 0 Å². The van der Waals surface area contributed by atoms with E-state index in [0.29, 0.717) is 18.0 Å². The predicted octanol–water partition coefficient (Wildman–Crippen LogP) is 1.77. The minimum Gasteiger partial charge on any atom is -0.476 e. The molecule has 1 aliphatic rings. The Kier molecular flexibility index (Phi) is 4.90. The van der Waals surface area contributed by atoms with Crippen LogP contribution >= 0.6 is 0 Å². The van der Waals surface area contributed by atoms with Gasteiger partial charge in [-0.15, -0.1) is 0 Å². The maximum atomic E-state index is 13.3. The second-order valence-electron chi connectivity index (χ2n) is 6.05. The van der Waals surface area contributed by atoms with Gasteiger partial charge in [0.15, 0.2) is 16.8 Å². The van der Waals surface area contributed by atoms with Crippen LogP contribution in [0.4, 0.5) is 5.69 Å². The Morgan fingerprint density at radius 3 is 2.73 bits per heavy atom. The lowest BCUT2D eigenvalue weighted by Gasteiger charge is -2.34. The number of fused-ring (bicyclic) bond motifs is 1. The summed E-state index contributed by atoms with van der Waals surface area (Å²) in [7, 11) is -3.96. The van der Waals surface area contributed by atoms with Gasteiger partial charge in [-0.25, -0.2) is 8.42 Å². The third kappa shape index (κ3) is 3.14. The van der Waals surface area contributed by atoms with E-state index in [2.05, 4.69) is 10.5 Å². The monoisotopic (exact) mass is 379 g/mol. The maximum absolute atomic E-state index is 13.3. The lowest BCUT2D eigenvalue weighted by molar-refractivity contribution is -0.127. The minimum absolute atomic E-state index is 0.0157. The summed E-state index contributed by atoms with van der Waals surface area (Å²) in [6.07, 6.45) is -0.164. The number of carbonyl (C=O) groups excluding carboxylic acids is 1. The maximum Gasteiger partial charge on any atom is 0.270 e. The average molecular weight is 379 g/mol. The number of sulfonamides is 1. The van der Waals surface area contributed by atoms with E-state index < -0.39 is 16.1 Å². The molecule has 1 aliphatic heterocycles. The van der Waals surface area contributed by atoms with E-state index in [0.717, 1.165) is 6.42 Å². The highest BCUT2D eigenvalue weighted by molar-refractivity contribution is 7.93. The van der Waals surface area contributed by atoms with E-state index >= 15 is 0 Å². The number of carbonyl (C=O) groups is 1. The van der Waals surface area contributed by atoms with Crippen LogP contribution in [0.5, 0.6) is 5.75 Å². The van der Waals surface area contributed by atoms with Crippen molar-refractivity contribution in [3.63, 3.8) is 0 Å². The molecule has 0 aliphatic carbocycles. The summed E-state index contributed by atoms with van der Waals surface area (Å²) in [6.45, 7) is 5.42. The molecule has 1 unspecified atom stereocenters. The Labute approximate surface area is 152 Å². The van der Waals surface area contributed by atoms with Crippen LogP contribution in [0.1, 0.15) is 24.8 Å². The molecule has 0 saturated carbocycles. The summed E-state index contributed by atoms with van der Waals surface area (Å²) in [4.78, 5) is 12.4. The molecule has 0 bridgehead atoms. The first-order chi connectivity index (χ1) is 12.4. The summed E-state index contributed by atoms with van der Waals surface area (Å²) >= 11 is 0. The van der Waals surface area contributed by atoms with Crippen LogP contribution in [-0.2, 0) is 14.8 Å². The number of nitrogens with one attached hydrogen (secondary N) is 1. The van der Waals surface area contributed by atoms with Crippen LogP contribution in [0.15, 0.2) is 33.7 Å². The minimum atomic E-state index is -3.96. The summed E-state index contributed by atoms with van der Waals surface area (Å²) in [5.41, 5.74) is 0.658. The molecule has 3 rings (SSSR count). The largest absolute Gasteiger partial charge is 0.476 e. The first-order valence-electron chi connectivity index (χ1n) is 8.35. The van der Waals surface area contributed by atoms with Crippen molar-refractivity contribution in [3.8, 4) is 5.75 Å². The molecule has 2 heterocycles. The summed E-state index contributed by atoms with van der Waals surface area (Å²) in [5.74, 6) is 0.199. The van der Waals surface area contributed by atoms with Crippen molar-refractivity contribution in [3.05, 3.63) is 35.7 Å². The number of amides is 1. The zero-order valence-corrected chi connectivity index (χ0v) is 15.7. The van der Waals surface area contributed by atoms with Gasteiger partial charge in [0.2, 0.25) is 0 Å². The number of hydrogen-bond donors (Lipinski definition) is 1.